The number of hydrogen-bond donors (Lipinski definition) is 7. The van der Waals surface area contributed by atoms with Crippen LogP contribution in [0, 0.1) is 0 Å². The number of aromatic hydroxyl groups is 1. The van der Waals surface area contributed by atoms with Crippen LogP contribution in [0.15, 0.2) is 132 Å². The maximum Gasteiger partial charge on any atom is 0.411 e. The van der Waals surface area contributed by atoms with Gasteiger partial charge < -0.3 is 40.8 Å². The minimum absolute atomic E-state index is 0.0307. The van der Waals surface area contributed by atoms with Crippen LogP contribution in [-0.2, 0) is 40.1 Å². The average Bonchev–Trinajstić information content (AvgIpc) is 3.31. The number of phenols is 1. The van der Waals surface area contributed by atoms with E-state index in [4.69, 9.17) is 4.74 Å². The normalized spacial score (nSPS) is 14.1. The van der Waals surface area contributed by atoms with E-state index in [-0.39, 0.29) is 41.7 Å². The molecule has 1 saturated heterocycles. The quantitative estimate of drug-likeness (QED) is 0.0461. The number of H-pyrrole nitrogens is 1. The number of aromatic amines is 1. The first-order chi connectivity index (χ1) is 31.6. The van der Waals surface area contributed by atoms with Gasteiger partial charge in [0, 0.05) is 68.7 Å². The van der Waals surface area contributed by atoms with Gasteiger partial charge >= 0.3 is 6.09 Å². The molecule has 2 heterocycles. The molecule has 7 N–H and O–H groups in total. The average molecular weight is 879 g/mol. The number of para-hydroxylation sites is 1. The number of aliphatic hydroxyl groups excluding tert-OH is 1. The van der Waals surface area contributed by atoms with Gasteiger partial charge in [-0.2, -0.15) is 0 Å². The maximum atomic E-state index is 12.8. The molecule has 6 aromatic rings. The highest BCUT2D eigenvalue weighted by Crippen LogP contribution is 2.30. The molecular weight excluding hydrogens is 821 g/mol. The van der Waals surface area contributed by atoms with Gasteiger partial charge in [0.1, 0.15) is 11.9 Å². The third-order valence-corrected chi connectivity index (χ3v) is 11.8. The number of amides is 3. The Morgan fingerprint density at radius 2 is 1.54 bits per heavy atom. The predicted molar refractivity (Wildman–Crippen MR) is 254 cm³/mol. The second-order valence-electron chi connectivity index (χ2n) is 16.7. The van der Waals surface area contributed by atoms with Gasteiger partial charge in [0.25, 0.3) is 0 Å². The van der Waals surface area contributed by atoms with Crippen molar-refractivity contribution in [2.45, 2.75) is 70.2 Å². The number of hydrogen-bond acceptors (Lipinski definition) is 9. The molecule has 1 aliphatic heterocycles. The molecule has 1 aromatic heterocycles. The molecule has 7 rings (SSSR count). The fourth-order valence-corrected chi connectivity index (χ4v) is 8.23. The number of benzene rings is 5. The monoisotopic (exact) mass is 878 g/mol. The molecule has 1 fully saturated rings. The minimum Gasteiger partial charge on any atom is -0.506 e. The van der Waals surface area contributed by atoms with E-state index in [0.29, 0.717) is 74.0 Å². The number of nitrogens with zero attached hydrogens (tertiary/aromatic N) is 1. The SMILES string of the molecule is C[C@H](Cc1cccc(CCNC(=O)Cc2ccc(CNC(=O)CCN3CCC(OC(=O)Nc4ccccc4-c4ccccc4)CC3)cc2)c1)NC[C@H](O)c1ccc(O)c2[nH]c(=O)ccc12. The number of likely N-dealkylation sites (tertiary alicyclic amines) is 1. The lowest BCUT2D eigenvalue weighted by atomic mass is 10.0. The number of aliphatic hydroxyl groups is 1. The highest BCUT2D eigenvalue weighted by Gasteiger charge is 2.23. The number of aromatic nitrogens is 1. The van der Waals surface area contributed by atoms with E-state index >= 15 is 0 Å². The second-order valence-corrected chi connectivity index (χ2v) is 16.7. The minimum atomic E-state index is -0.841. The highest BCUT2D eigenvalue weighted by molar-refractivity contribution is 5.91. The van der Waals surface area contributed by atoms with E-state index in [2.05, 4.69) is 50.2 Å². The largest absolute Gasteiger partial charge is 0.506 e. The molecule has 0 saturated carbocycles. The van der Waals surface area contributed by atoms with Gasteiger partial charge in [-0.3, -0.25) is 19.7 Å². The zero-order valence-corrected chi connectivity index (χ0v) is 36.7. The summed E-state index contributed by atoms with van der Waals surface area (Å²) in [6.07, 6.45) is 1.98. The third kappa shape index (κ3) is 13.6. The summed E-state index contributed by atoms with van der Waals surface area (Å²) < 4.78 is 5.76. The molecule has 13 nitrogen and oxygen atoms in total. The van der Waals surface area contributed by atoms with Crippen molar-refractivity contribution in [2.75, 3.05) is 38.0 Å². The zero-order valence-electron chi connectivity index (χ0n) is 36.7. The fraction of sp³-hybridized carbons (Fsp3) is 0.308. The van der Waals surface area contributed by atoms with Crippen molar-refractivity contribution in [3.63, 3.8) is 0 Å². The van der Waals surface area contributed by atoms with Crippen molar-refractivity contribution in [2.24, 2.45) is 0 Å². The Kier molecular flexibility index (Phi) is 16.1. The van der Waals surface area contributed by atoms with Crippen LogP contribution < -0.4 is 26.8 Å². The molecule has 13 heteroatoms. The molecule has 0 unspecified atom stereocenters. The Morgan fingerprint density at radius 1 is 0.800 bits per heavy atom. The molecule has 2 atom stereocenters. The van der Waals surface area contributed by atoms with Gasteiger partial charge in [-0.1, -0.05) is 103 Å². The number of phenolic OH excluding ortho intramolecular Hbond substituents is 1. The summed E-state index contributed by atoms with van der Waals surface area (Å²) in [6.45, 7) is 5.38. The van der Waals surface area contributed by atoms with E-state index in [1.165, 1.54) is 12.1 Å². The number of piperidine rings is 1. The molecule has 0 radical (unpaired) electrons. The summed E-state index contributed by atoms with van der Waals surface area (Å²) in [6, 6.07) is 39.7. The zero-order chi connectivity index (χ0) is 45.5. The molecule has 338 valence electrons. The summed E-state index contributed by atoms with van der Waals surface area (Å²) in [4.78, 5) is 54.9. The standard InChI is InChI=1S/C52H58N6O7/c1-35(54-34-47(60)43-18-20-46(59)51-44(43)19-21-49(62)57-51)30-39-9-7-8-36(31-39)22-26-53-50(63)32-37-14-16-38(17-15-37)33-55-48(61)25-29-58-27-23-41(24-28-58)65-52(64)56-45-13-6-5-12-42(45)40-10-3-2-4-11-40/h2-21,31,35,41,47,54,59-60H,22-30,32-34H2,1H3,(H,53,63)(H,55,61)(H,56,64)(H,57,62)/t35-,47+/m1/s1. The molecular formula is C52H58N6O7. The first-order valence-electron chi connectivity index (χ1n) is 22.4. The van der Waals surface area contributed by atoms with Crippen LogP contribution in [-0.4, -0.2) is 82.9 Å². The van der Waals surface area contributed by atoms with Gasteiger partial charge in [-0.05, 0) is 84.2 Å². The predicted octanol–water partition coefficient (Wildman–Crippen LogP) is 6.78. The van der Waals surface area contributed by atoms with Crippen molar-refractivity contribution in [3.05, 3.63) is 166 Å². The van der Waals surface area contributed by atoms with E-state index in [9.17, 15) is 29.4 Å². The Morgan fingerprint density at radius 3 is 2.34 bits per heavy atom. The Balaban J connectivity index is 0.747. The van der Waals surface area contributed by atoms with Crippen LogP contribution in [0.3, 0.4) is 0 Å². The van der Waals surface area contributed by atoms with Crippen LogP contribution >= 0.6 is 0 Å². The number of fused-ring (bicyclic) bond motifs is 1. The summed E-state index contributed by atoms with van der Waals surface area (Å²) in [5.41, 5.74) is 7.35. The van der Waals surface area contributed by atoms with Crippen LogP contribution in [0.4, 0.5) is 10.5 Å². The van der Waals surface area contributed by atoms with Crippen molar-refractivity contribution < 1.29 is 29.3 Å². The Bertz CT molecular complexity index is 2590. The second kappa shape index (κ2) is 22.7. The van der Waals surface area contributed by atoms with E-state index in [0.717, 1.165) is 52.9 Å². The Hall–Kier alpha value is -6.80. The van der Waals surface area contributed by atoms with Gasteiger partial charge in [-0.25, -0.2) is 4.79 Å². The summed E-state index contributed by atoms with van der Waals surface area (Å²) >= 11 is 0. The van der Waals surface area contributed by atoms with E-state index < -0.39 is 12.2 Å². The van der Waals surface area contributed by atoms with Crippen LogP contribution in [0.5, 0.6) is 5.75 Å². The number of nitrogens with one attached hydrogen (secondary N) is 5. The molecule has 0 aliphatic carbocycles. The first kappa shape index (κ1) is 46.2. The van der Waals surface area contributed by atoms with Crippen LogP contribution in [0.25, 0.3) is 22.0 Å². The molecule has 65 heavy (non-hydrogen) atoms. The number of anilines is 1. The fourth-order valence-electron chi connectivity index (χ4n) is 8.23. The van der Waals surface area contributed by atoms with Crippen LogP contribution in [0.2, 0.25) is 0 Å². The number of pyridine rings is 1. The highest BCUT2D eigenvalue weighted by atomic mass is 16.6. The molecule has 0 spiro atoms. The van der Waals surface area contributed by atoms with Gasteiger partial charge in [0.05, 0.1) is 23.7 Å². The lowest BCUT2D eigenvalue weighted by Gasteiger charge is -2.31. The molecule has 0 bridgehead atoms. The third-order valence-electron chi connectivity index (χ3n) is 11.8. The van der Waals surface area contributed by atoms with E-state index in [1.54, 1.807) is 12.1 Å². The maximum absolute atomic E-state index is 12.8. The van der Waals surface area contributed by atoms with Crippen molar-refractivity contribution >= 4 is 34.5 Å². The summed E-state index contributed by atoms with van der Waals surface area (Å²) in [7, 11) is 0. The molecule has 1 aliphatic rings. The van der Waals surface area contributed by atoms with Crippen molar-refractivity contribution in [1.29, 1.82) is 0 Å². The lowest BCUT2D eigenvalue weighted by molar-refractivity contribution is -0.122. The van der Waals surface area contributed by atoms with Crippen LogP contribution in [0.1, 0.15) is 60.1 Å². The van der Waals surface area contributed by atoms with Gasteiger partial charge in [0.2, 0.25) is 17.4 Å². The number of carbonyl (C=O) groups excluding carboxylic acids is 3. The van der Waals surface area contributed by atoms with Gasteiger partial charge in [-0.15, -0.1) is 0 Å². The lowest BCUT2D eigenvalue weighted by Crippen LogP contribution is -2.40. The molecule has 5 aromatic carbocycles. The summed E-state index contributed by atoms with van der Waals surface area (Å²) in [5, 5.41) is 34.1. The number of rotatable bonds is 19. The van der Waals surface area contributed by atoms with Crippen molar-refractivity contribution in [3.8, 4) is 16.9 Å². The number of ether oxygens (including phenoxy) is 1. The van der Waals surface area contributed by atoms with E-state index in [1.807, 2.05) is 91.0 Å². The van der Waals surface area contributed by atoms with Gasteiger partial charge in [0.15, 0.2) is 0 Å². The first-order valence-corrected chi connectivity index (χ1v) is 22.4. The smallest absolute Gasteiger partial charge is 0.411 e. The van der Waals surface area contributed by atoms with Crippen molar-refractivity contribution in [1.82, 2.24) is 25.8 Å². The number of carbonyl (C=O) groups is 3. The summed E-state index contributed by atoms with van der Waals surface area (Å²) in [5.74, 6) is -0.136. The molecule has 3 amide bonds. The topological polar surface area (TPSA) is 185 Å². The Labute approximate surface area is 379 Å².